The van der Waals surface area contributed by atoms with Crippen LogP contribution < -0.4 is 4.74 Å². The van der Waals surface area contributed by atoms with Gasteiger partial charge in [0.15, 0.2) is 0 Å². The van der Waals surface area contributed by atoms with Crippen molar-refractivity contribution in [3.8, 4) is 5.75 Å². The van der Waals surface area contributed by atoms with Gasteiger partial charge in [0.25, 0.3) is 0 Å². The van der Waals surface area contributed by atoms with Gasteiger partial charge in [-0.1, -0.05) is 32.9 Å². The molecule has 2 rings (SSSR count). The molecule has 0 fully saturated rings. The highest BCUT2D eigenvalue weighted by molar-refractivity contribution is 9.10. The van der Waals surface area contributed by atoms with Gasteiger partial charge in [-0.25, -0.2) is 0 Å². The maximum absolute atomic E-state index is 5.84. The molecule has 4 heteroatoms. The highest BCUT2D eigenvalue weighted by Gasteiger charge is 2.14. The minimum atomic E-state index is 0.167. The molecule has 20 heavy (non-hydrogen) atoms. The van der Waals surface area contributed by atoms with Gasteiger partial charge < -0.3 is 4.74 Å². The summed E-state index contributed by atoms with van der Waals surface area (Å²) in [6.45, 7) is 9.10. The third-order valence-corrected chi connectivity index (χ3v) is 4.39. The van der Waals surface area contributed by atoms with E-state index in [-0.39, 0.29) is 5.41 Å². The number of hydrogen-bond acceptors (Lipinski definition) is 2. The highest BCUT2D eigenvalue weighted by atomic mass is 79.9. The summed E-state index contributed by atoms with van der Waals surface area (Å²) in [5.74, 6) is 0.878. The van der Waals surface area contributed by atoms with Gasteiger partial charge in [0.1, 0.15) is 12.4 Å². The molecule has 0 aliphatic carbocycles. The quantitative estimate of drug-likeness (QED) is 0.832. The topological polar surface area (TPSA) is 27.1 Å². The first-order valence-corrected chi connectivity index (χ1v) is 7.49. The zero-order valence-corrected chi connectivity index (χ0v) is 14.3. The molecule has 0 aliphatic rings. The molecule has 0 saturated carbocycles. The Morgan fingerprint density at radius 3 is 2.25 bits per heavy atom. The van der Waals surface area contributed by atoms with Crippen molar-refractivity contribution in [2.75, 3.05) is 0 Å². The summed E-state index contributed by atoms with van der Waals surface area (Å²) in [4.78, 5) is 0. The van der Waals surface area contributed by atoms with Crippen LogP contribution in [0.15, 0.2) is 28.7 Å². The maximum atomic E-state index is 5.84. The van der Waals surface area contributed by atoms with E-state index >= 15 is 0 Å². The lowest BCUT2D eigenvalue weighted by Gasteiger charge is -2.19. The number of aryl methyl sites for hydroxylation is 2. The fourth-order valence-electron chi connectivity index (χ4n) is 2.04. The van der Waals surface area contributed by atoms with Crippen molar-refractivity contribution in [2.24, 2.45) is 7.05 Å². The Kier molecular flexibility index (Phi) is 4.23. The average molecular weight is 337 g/mol. The lowest BCUT2D eigenvalue weighted by atomic mass is 9.87. The monoisotopic (exact) mass is 336 g/mol. The zero-order chi connectivity index (χ0) is 14.9. The fraction of sp³-hybridized carbons (Fsp3) is 0.438. The molecule has 0 aliphatic heterocycles. The van der Waals surface area contributed by atoms with Crippen molar-refractivity contribution < 1.29 is 4.74 Å². The zero-order valence-electron chi connectivity index (χ0n) is 12.7. The Balaban J connectivity index is 2.08. The Bertz CT molecular complexity index is 594. The standard InChI is InChI=1S/C16H21BrN2O/c1-11-15(17)14(19(5)18-11)10-20-13-8-6-12(7-9-13)16(2,3)4/h6-9H,10H2,1-5H3. The summed E-state index contributed by atoms with van der Waals surface area (Å²) in [6, 6.07) is 8.30. The molecular formula is C16H21BrN2O. The Labute approximate surface area is 129 Å². The summed E-state index contributed by atoms with van der Waals surface area (Å²) in [5, 5.41) is 4.36. The van der Waals surface area contributed by atoms with E-state index in [0.717, 1.165) is 21.6 Å². The molecular weight excluding hydrogens is 316 g/mol. The van der Waals surface area contributed by atoms with Gasteiger partial charge in [0.05, 0.1) is 15.9 Å². The van der Waals surface area contributed by atoms with Crippen LogP contribution in [0.3, 0.4) is 0 Å². The van der Waals surface area contributed by atoms with Gasteiger partial charge in [-0.2, -0.15) is 5.10 Å². The number of halogens is 1. The molecule has 0 N–H and O–H groups in total. The second-order valence-corrected chi connectivity index (χ2v) is 6.83. The van der Waals surface area contributed by atoms with Crippen LogP contribution in [-0.2, 0) is 19.1 Å². The van der Waals surface area contributed by atoms with Crippen molar-refractivity contribution in [3.63, 3.8) is 0 Å². The second-order valence-electron chi connectivity index (χ2n) is 6.03. The molecule has 1 aromatic heterocycles. The minimum Gasteiger partial charge on any atom is -0.487 e. The van der Waals surface area contributed by atoms with Crippen LogP contribution in [0.25, 0.3) is 0 Å². The predicted octanol–water partition coefficient (Wildman–Crippen LogP) is 4.37. The van der Waals surface area contributed by atoms with E-state index in [9.17, 15) is 0 Å². The first-order valence-electron chi connectivity index (χ1n) is 6.70. The van der Waals surface area contributed by atoms with Crippen LogP contribution in [0.4, 0.5) is 0 Å². The normalized spacial score (nSPS) is 11.7. The third-order valence-electron chi connectivity index (χ3n) is 3.36. The minimum absolute atomic E-state index is 0.167. The van der Waals surface area contributed by atoms with Crippen LogP contribution in [0, 0.1) is 6.92 Å². The summed E-state index contributed by atoms with van der Waals surface area (Å²) in [7, 11) is 1.93. The van der Waals surface area contributed by atoms with Gasteiger partial charge in [-0.3, -0.25) is 4.68 Å². The van der Waals surface area contributed by atoms with E-state index in [1.807, 2.05) is 30.8 Å². The first-order chi connectivity index (χ1) is 9.29. The Morgan fingerprint density at radius 2 is 1.80 bits per heavy atom. The molecule has 2 aromatic rings. The average Bonchev–Trinajstić information content (AvgIpc) is 2.61. The van der Waals surface area contributed by atoms with Crippen molar-refractivity contribution in [1.29, 1.82) is 0 Å². The van der Waals surface area contributed by atoms with E-state index in [2.05, 4.69) is 53.9 Å². The van der Waals surface area contributed by atoms with Gasteiger partial charge in [0, 0.05) is 7.05 Å². The van der Waals surface area contributed by atoms with Gasteiger partial charge in [0.2, 0.25) is 0 Å². The summed E-state index contributed by atoms with van der Waals surface area (Å²) in [5.41, 5.74) is 3.50. The third kappa shape index (κ3) is 3.23. The van der Waals surface area contributed by atoms with E-state index in [1.165, 1.54) is 5.56 Å². The number of ether oxygens (including phenoxy) is 1. The smallest absolute Gasteiger partial charge is 0.131 e. The number of rotatable bonds is 3. The van der Waals surface area contributed by atoms with Crippen LogP contribution in [0.2, 0.25) is 0 Å². The van der Waals surface area contributed by atoms with E-state index < -0.39 is 0 Å². The van der Waals surface area contributed by atoms with Crippen molar-refractivity contribution in [2.45, 2.75) is 39.7 Å². The maximum Gasteiger partial charge on any atom is 0.131 e. The van der Waals surface area contributed by atoms with Crippen molar-refractivity contribution >= 4 is 15.9 Å². The number of aromatic nitrogens is 2. The van der Waals surface area contributed by atoms with E-state index in [4.69, 9.17) is 4.74 Å². The SMILES string of the molecule is Cc1nn(C)c(COc2ccc(C(C)(C)C)cc2)c1Br. The van der Waals surface area contributed by atoms with Crippen LogP contribution >= 0.6 is 15.9 Å². The van der Waals surface area contributed by atoms with Crippen LogP contribution in [0.5, 0.6) is 5.75 Å². The van der Waals surface area contributed by atoms with E-state index in [0.29, 0.717) is 6.61 Å². The van der Waals surface area contributed by atoms with Crippen LogP contribution in [-0.4, -0.2) is 9.78 Å². The van der Waals surface area contributed by atoms with Gasteiger partial charge in [-0.05, 0) is 46.0 Å². The molecule has 0 saturated heterocycles. The van der Waals surface area contributed by atoms with Crippen LogP contribution in [0.1, 0.15) is 37.7 Å². The lowest BCUT2D eigenvalue weighted by Crippen LogP contribution is -2.10. The second kappa shape index (κ2) is 5.60. The lowest BCUT2D eigenvalue weighted by molar-refractivity contribution is 0.294. The first kappa shape index (κ1) is 15.1. The van der Waals surface area contributed by atoms with Gasteiger partial charge >= 0.3 is 0 Å². The molecule has 0 radical (unpaired) electrons. The molecule has 0 spiro atoms. The number of benzene rings is 1. The Hall–Kier alpha value is -1.29. The molecule has 0 unspecified atom stereocenters. The Morgan fingerprint density at radius 1 is 1.20 bits per heavy atom. The molecule has 0 amide bonds. The molecule has 0 bridgehead atoms. The van der Waals surface area contributed by atoms with Gasteiger partial charge in [-0.15, -0.1) is 0 Å². The fourth-order valence-corrected chi connectivity index (χ4v) is 2.49. The summed E-state index contributed by atoms with van der Waals surface area (Å²) >= 11 is 3.55. The molecule has 1 aromatic carbocycles. The largest absolute Gasteiger partial charge is 0.487 e. The summed E-state index contributed by atoms with van der Waals surface area (Å²) in [6.07, 6.45) is 0. The van der Waals surface area contributed by atoms with Crippen molar-refractivity contribution in [3.05, 3.63) is 45.7 Å². The summed E-state index contributed by atoms with van der Waals surface area (Å²) < 4.78 is 8.71. The number of hydrogen-bond donors (Lipinski definition) is 0. The predicted molar refractivity (Wildman–Crippen MR) is 85.1 cm³/mol. The number of nitrogens with zero attached hydrogens (tertiary/aromatic N) is 2. The molecule has 3 nitrogen and oxygen atoms in total. The molecule has 1 heterocycles. The van der Waals surface area contributed by atoms with Crippen molar-refractivity contribution in [1.82, 2.24) is 9.78 Å². The highest BCUT2D eigenvalue weighted by Crippen LogP contribution is 2.26. The molecule has 108 valence electrons. The van der Waals surface area contributed by atoms with E-state index in [1.54, 1.807) is 0 Å². The molecule has 0 atom stereocenters.